The highest BCUT2D eigenvalue weighted by Crippen LogP contribution is 2.19. The Morgan fingerprint density at radius 1 is 1.36 bits per heavy atom. The van der Waals surface area contributed by atoms with Crippen LogP contribution in [0, 0.1) is 0 Å². The lowest BCUT2D eigenvalue weighted by Crippen LogP contribution is -2.25. The first-order chi connectivity index (χ1) is 6.86. The molecule has 0 spiro atoms. The molecule has 1 fully saturated rings. The molecule has 1 aromatic heterocycles. The Morgan fingerprint density at radius 3 is 3.07 bits per heavy atom. The van der Waals surface area contributed by atoms with E-state index in [0.29, 0.717) is 5.38 Å². The van der Waals surface area contributed by atoms with Crippen LogP contribution in [0.3, 0.4) is 0 Å². The van der Waals surface area contributed by atoms with Gasteiger partial charge in [0.15, 0.2) is 5.82 Å². The molecule has 0 aliphatic carbocycles. The van der Waals surface area contributed by atoms with E-state index in [1.165, 1.54) is 0 Å². The largest absolute Gasteiger partial charge is 0.355 e. The molecule has 1 aliphatic rings. The lowest BCUT2D eigenvalue weighted by molar-refractivity contribution is 0.735. The summed E-state index contributed by atoms with van der Waals surface area (Å²) in [5, 5.41) is 8.32. The van der Waals surface area contributed by atoms with Gasteiger partial charge in [-0.1, -0.05) is 0 Å². The Labute approximate surface area is 89.1 Å². The molecule has 1 atom stereocenters. The van der Waals surface area contributed by atoms with Crippen LogP contribution in [0.2, 0.25) is 0 Å². The summed E-state index contributed by atoms with van der Waals surface area (Å²) in [6.07, 6.45) is 4.99. The van der Waals surface area contributed by atoms with Crippen molar-refractivity contribution in [1.29, 1.82) is 0 Å². The summed E-state index contributed by atoms with van der Waals surface area (Å²) < 4.78 is 0. The molecule has 0 amide bonds. The fourth-order valence-electron chi connectivity index (χ4n) is 1.75. The maximum Gasteiger partial charge on any atom is 0.151 e. The minimum absolute atomic E-state index is 0.330. The monoisotopic (exact) mass is 211 g/mol. The zero-order valence-corrected chi connectivity index (χ0v) is 8.82. The Morgan fingerprint density at radius 2 is 2.29 bits per heavy atom. The van der Waals surface area contributed by atoms with Crippen LogP contribution in [0.5, 0.6) is 0 Å². The van der Waals surface area contributed by atoms with E-state index in [1.807, 2.05) is 12.1 Å². The van der Waals surface area contributed by atoms with Crippen molar-refractivity contribution in [2.75, 3.05) is 18.0 Å². The highest BCUT2D eigenvalue weighted by atomic mass is 35.5. The van der Waals surface area contributed by atoms with Gasteiger partial charge in [-0.3, -0.25) is 0 Å². The zero-order chi connectivity index (χ0) is 9.80. The molecule has 4 heteroatoms. The van der Waals surface area contributed by atoms with E-state index in [4.69, 9.17) is 11.6 Å². The van der Waals surface area contributed by atoms with Crippen molar-refractivity contribution in [3.63, 3.8) is 0 Å². The molecular formula is C10H14ClN3. The van der Waals surface area contributed by atoms with Gasteiger partial charge in [0, 0.05) is 24.7 Å². The van der Waals surface area contributed by atoms with Gasteiger partial charge in [0.1, 0.15) is 0 Å². The van der Waals surface area contributed by atoms with E-state index in [9.17, 15) is 0 Å². The van der Waals surface area contributed by atoms with Crippen LogP contribution in [-0.4, -0.2) is 28.7 Å². The summed E-state index contributed by atoms with van der Waals surface area (Å²) in [6, 6.07) is 3.92. The maximum absolute atomic E-state index is 6.11. The third-order valence-electron chi connectivity index (χ3n) is 2.54. The van der Waals surface area contributed by atoms with Crippen molar-refractivity contribution in [3.05, 3.63) is 18.3 Å². The fraction of sp³-hybridized carbons (Fsp3) is 0.600. The van der Waals surface area contributed by atoms with Crippen LogP contribution < -0.4 is 4.90 Å². The number of alkyl halides is 1. The molecule has 0 bridgehead atoms. The van der Waals surface area contributed by atoms with Gasteiger partial charge in [-0.05, 0) is 31.4 Å². The molecule has 2 rings (SSSR count). The minimum atomic E-state index is 0.330. The van der Waals surface area contributed by atoms with Gasteiger partial charge in [0.25, 0.3) is 0 Å². The van der Waals surface area contributed by atoms with Gasteiger partial charge in [-0.2, -0.15) is 5.10 Å². The maximum atomic E-state index is 6.11. The van der Waals surface area contributed by atoms with Crippen LogP contribution in [0.15, 0.2) is 18.3 Å². The lowest BCUT2D eigenvalue weighted by atomic mass is 10.2. The smallest absolute Gasteiger partial charge is 0.151 e. The molecule has 0 N–H and O–H groups in total. The summed E-state index contributed by atoms with van der Waals surface area (Å²) in [5.41, 5.74) is 0. The van der Waals surface area contributed by atoms with Gasteiger partial charge >= 0.3 is 0 Å². The number of hydrogen-bond acceptors (Lipinski definition) is 3. The van der Waals surface area contributed by atoms with Crippen molar-refractivity contribution in [2.24, 2.45) is 0 Å². The second kappa shape index (κ2) is 4.60. The molecule has 1 unspecified atom stereocenters. The Bertz CT molecular complexity index is 278. The Kier molecular flexibility index (Phi) is 3.19. The van der Waals surface area contributed by atoms with Crippen molar-refractivity contribution in [3.8, 4) is 0 Å². The average molecular weight is 212 g/mol. The predicted octanol–water partition coefficient (Wildman–Crippen LogP) is 2.07. The first-order valence-corrected chi connectivity index (χ1v) is 5.46. The summed E-state index contributed by atoms with van der Waals surface area (Å²) in [7, 11) is 0. The normalized spacial score (nSPS) is 23.2. The highest BCUT2D eigenvalue weighted by molar-refractivity contribution is 6.20. The van der Waals surface area contributed by atoms with E-state index >= 15 is 0 Å². The summed E-state index contributed by atoms with van der Waals surface area (Å²) in [4.78, 5) is 2.26. The predicted molar refractivity (Wildman–Crippen MR) is 57.7 cm³/mol. The number of hydrogen-bond donors (Lipinski definition) is 0. The molecule has 76 valence electrons. The van der Waals surface area contributed by atoms with Crippen molar-refractivity contribution in [2.45, 2.75) is 24.6 Å². The van der Waals surface area contributed by atoms with Crippen molar-refractivity contribution in [1.82, 2.24) is 10.2 Å². The van der Waals surface area contributed by atoms with E-state index in [2.05, 4.69) is 15.1 Å². The molecule has 2 heterocycles. The first kappa shape index (κ1) is 9.71. The standard InChI is InChI=1S/C10H14ClN3/c11-9-3-2-7-14(8-5-9)10-4-1-6-12-13-10/h1,4,6,9H,2-3,5,7-8H2. The molecule has 1 aromatic rings. The van der Waals surface area contributed by atoms with Gasteiger partial charge in [0.2, 0.25) is 0 Å². The average Bonchev–Trinajstić information content (AvgIpc) is 2.44. The topological polar surface area (TPSA) is 29.0 Å². The van der Waals surface area contributed by atoms with Crippen molar-refractivity contribution < 1.29 is 0 Å². The van der Waals surface area contributed by atoms with Gasteiger partial charge in [-0.25, -0.2) is 0 Å². The molecule has 0 saturated carbocycles. The van der Waals surface area contributed by atoms with E-state index in [-0.39, 0.29) is 0 Å². The van der Waals surface area contributed by atoms with Crippen molar-refractivity contribution >= 4 is 17.4 Å². The van der Waals surface area contributed by atoms with Gasteiger partial charge < -0.3 is 4.90 Å². The lowest BCUT2D eigenvalue weighted by Gasteiger charge is -2.20. The molecule has 0 aromatic carbocycles. The van der Waals surface area contributed by atoms with Crippen LogP contribution in [0.25, 0.3) is 0 Å². The number of aromatic nitrogens is 2. The minimum Gasteiger partial charge on any atom is -0.355 e. The Balaban J connectivity index is 2.04. The van der Waals surface area contributed by atoms with Crippen LogP contribution in [0.1, 0.15) is 19.3 Å². The Hall–Kier alpha value is -0.830. The molecule has 3 nitrogen and oxygen atoms in total. The summed E-state index contributed by atoms with van der Waals surface area (Å²) in [6.45, 7) is 2.04. The van der Waals surface area contributed by atoms with Gasteiger partial charge in [-0.15, -0.1) is 16.7 Å². The van der Waals surface area contributed by atoms with Crippen LogP contribution in [-0.2, 0) is 0 Å². The molecule has 0 radical (unpaired) electrons. The number of rotatable bonds is 1. The molecular weight excluding hydrogens is 198 g/mol. The van der Waals surface area contributed by atoms with Crippen LogP contribution in [0.4, 0.5) is 5.82 Å². The summed E-state index contributed by atoms with van der Waals surface area (Å²) in [5.74, 6) is 0.971. The first-order valence-electron chi connectivity index (χ1n) is 5.03. The molecule has 1 aliphatic heterocycles. The number of nitrogens with zero attached hydrogens (tertiary/aromatic N) is 3. The third kappa shape index (κ3) is 2.35. The highest BCUT2D eigenvalue weighted by Gasteiger charge is 2.15. The van der Waals surface area contributed by atoms with E-state index < -0.39 is 0 Å². The second-order valence-electron chi connectivity index (χ2n) is 3.60. The number of halogens is 1. The van der Waals surface area contributed by atoms with Crippen LogP contribution >= 0.6 is 11.6 Å². The summed E-state index contributed by atoms with van der Waals surface area (Å²) >= 11 is 6.11. The zero-order valence-electron chi connectivity index (χ0n) is 8.06. The van der Waals surface area contributed by atoms with E-state index in [0.717, 1.165) is 38.2 Å². The second-order valence-corrected chi connectivity index (χ2v) is 4.21. The van der Waals surface area contributed by atoms with E-state index in [1.54, 1.807) is 6.20 Å². The fourth-order valence-corrected chi connectivity index (χ4v) is 2.00. The van der Waals surface area contributed by atoms with Gasteiger partial charge in [0.05, 0.1) is 0 Å². The SMILES string of the molecule is ClC1CCCN(c2cccnn2)CC1. The number of anilines is 1. The molecule has 14 heavy (non-hydrogen) atoms. The third-order valence-corrected chi connectivity index (χ3v) is 2.98. The molecule has 1 saturated heterocycles. The quantitative estimate of drug-likeness (QED) is 0.666.